The molecule has 0 saturated heterocycles. The Morgan fingerprint density at radius 3 is 2.69 bits per heavy atom. The molecule has 2 heterocycles. The standard InChI is InChI=1S/C21H18FN5O2/c1-14-7-8-19(29-2)18(13-14)27-12-9-16(25-27)21(28)24-20-15(22)5-3-6-17(20)26-11-4-10-23-26/h3-13H,1-2H3,(H,24,28). The van der Waals surface area contributed by atoms with Gasteiger partial charge in [0.15, 0.2) is 5.69 Å². The largest absolute Gasteiger partial charge is 0.494 e. The van der Waals surface area contributed by atoms with Gasteiger partial charge in [-0.05, 0) is 48.9 Å². The van der Waals surface area contributed by atoms with E-state index in [9.17, 15) is 9.18 Å². The van der Waals surface area contributed by atoms with Crippen molar-refractivity contribution < 1.29 is 13.9 Å². The Hall–Kier alpha value is -3.94. The lowest BCUT2D eigenvalue weighted by atomic mass is 10.2. The van der Waals surface area contributed by atoms with Crippen LogP contribution in [0, 0.1) is 12.7 Å². The van der Waals surface area contributed by atoms with Crippen molar-refractivity contribution in [2.45, 2.75) is 6.92 Å². The van der Waals surface area contributed by atoms with E-state index in [0.29, 0.717) is 17.1 Å². The third kappa shape index (κ3) is 3.60. The minimum absolute atomic E-state index is 0.0314. The first-order valence-electron chi connectivity index (χ1n) is 8.87. The summed E-state index contributed by atoms with van der Waals surface area (Å²) < 4.78 is 22.8. The summed E-state index contributed by atoms with van der Waals surface area (Å²) in [5.41, 5.74) is 2.32. The van der Waals surface area contributed by atoms with Crippen LogP contribution in [-0.2, 0) is 0 Å². The zero-order valence-corrected chi connectivity index (χ0v) is 15.8. The first-order valence-corrected chi connectivity index (χ1v) is 8.87. The van der Waals surface area contributed by atoms with E-state index in [-0.39, 0.29) is 11.4 Å². The van der Waals surface area contributed by atoms with Crippen molar-refractivity contribution in [3.05, 3.63) is 84.2 Å². The van der Waals surface area contributed by atoms with Gasteiger partial charge in [0.1, 0.15) is 22.9 Å². The molecule has 0 aliphatic heterocycles. The SMILES string of the molecule is COc1ccc(C)cc1-n1ccc(C(=O)Nc2c(F)cccc2-n2cccn2)n1. The summed E-state index contributed by atoms with van der Waals surface area (Å²) in [4.78, 5) is 12.7. The molecule has 2 aromatic carbocycles. The molecule has 0 atom stereocenters. The zero-order chi connectivity index (χ0) is 20.4. The Morgan fingerprint density at radius 1 is 1.07 bits per heavy atom. The van der Waals surface area contributed by atoms with Gasteiger partial charge in [-0.1, -0.05) is 12.1 Å². The Balaban J connectivity index is 1.65. The van der Waals surface area contributed by atoms with Gasteiger partial charge in [0.25, 0.3) is 5.91 Å². The number of ether oxygens (including phenoxy) is 1. The normalized spacial score (nSPS) is 10.7. The van der Waals surface area contributed by atoms with Crippen molar-refractivity contribution in [2.24, 2.45) is 0 Å². The van der Waals surface area contributed by atoms with Crippen molar-refractivity contribution >= 4 is 11.6 Å². The van der Waals surface area contributed by atoms with Gasteiger partial charge in [-0.15, -0.1) is 0 Å². The van der Waals surface area contributed by atoms with Crippen molar-refractivity contribution in [1.82, 2.24) is 19.6 Å². The number of hydrogen-bond donors (Lipinski definition) is 1. The summed E-state index contributed by atoms with van der Waals surface area (Å²) in [6, 6.07) is 13.4. The second kappa shape index (κ2) is 7.59. The van der Waals surface area contributed by atoms with E-state index in [1.54, 1.807) is 54.6 Å². The fraction of sp³-hybridized carbons (Fsp3) is 0.0952. The average Bonchev–Trinajstić information content (AvgIpc) is 3.41. The molecule has 0 fully saturated rings. The molecule has 0 saturated carbocycles. The number of benzene rings is 2. The second-order valence-corrected chi connectivity index (χ2v) is 6.36. The Morgan fingerprint density at radius 2 is 1.93 bits per heavy atom. The summed E-state index contributed by atoms with van der Waals surface area (Å²) in [7, 11) is 1.57. The van der Waals surface area contributed by atoms with Crippen LogP contribution < -0.4 is 10.1 Å². The van der Waals surface area contributed by atoms with Crippen molar-refractivity contribution in [1.29, 1.82) is 0 Å². The van der Waals surface area contributed by atoms with Gasteiger partial charge in [0, 0.05) is 18.6 Å². The van der Waals surface area contributed by atoms with Gasteiger partial charge in [0.05, 0.1) is 12.8 Å². The molecule has 1 N–H and O–H groups in total. The lowest BCUT2D eigenvalue weighted by molar-refractivity contribution is 0.102. The molecule has 7 nitrogen and oxygen atoms in total. The minimum atomic E-state index is -0.564. The van der Waals surface area contributed by atoms with E-state index in [1.165, 1.54) is 10.7 Å². The Kier molecular flexibility index (Phi) is 4.82. The maximum Gasteiger partial charge on any atom is 0.276 e. The molecule has 4 rings (SSSR count). The topological polar surface area (TPSA) is 74.0 Å². The van der Waals surface area contributed by atoms with Crippen LogP contribution in [0.5, 0.6) is 5.75 Å². The summed E-state index contributed by atoms with van der Waals surface area (Å²) in [5.74, 6) is -0.472. The first kappa shape index (κ1) is 18.4. The predicted molar refractivity (Wildman–Crippen MR) is 106 cm³/mol. The number of nitrogens with zero attached hydrogens (tertiary/aromatic N) is 4. The summed E-state index contributed by atoms with van der Waals surface area (Å²) in [5, 5.41) is 11.0. The lowest BCUT2D eigenvalue weighted by Gasteiger charge is -2.11. The maximum absolute atomic E-state index is 14.4. The van der Waals surface area contributed by atoms with Crippen molar-refractivity contribution in [3.63, 3.8) is 0 Å². The summed E-state index contributed by atoms with van der Waals surface area (Å²) in [6.45, 7) is 1.95. The monoisotopic (exact) mass is 391 g/mol. The molecule has 0 aliphatic carbocycles. The number of amides is 1. The molecule has 0 spiro atoms. The number of hydrogen-bond acceptors (Lipinski definition) is 4. The Bertz CT molecular complexity index is 1170. The molecule has 0 unspecified atom stereocenters. The van der Waals surface area contributed by atoms with Crippen LogP contribution in [0.15, 0.2) is 67.1 Å². The third-order valence-electron chi connectivity index (χ3n) is 4.38. The van der Waals surface area contributed by atoms with Gasteiger partial charge in [-0.25, -0.2) is 13.8 Å². The lowest BCUT2D eigenvalue weighted by Crippen LogP contribution is -2.16. The highest BCUT2D eigenvalue weighted by Crippen LogP contribution is 2.25. The van der Waals surface area contributed by atoms with E-state index in [2.05, 4.69) is 15.5 Å². The fourth-order valence-corrected chi connectivity index (χ4v) is 2.97. The molecule has 0 bridgehead atoms. The second-order valence-electron chi connectivity index (χ2n) is 6.36. The molecule has 4 aromatic rings. The smallest absolute Gasteiger partial charge is 0.276 e. The zero-order valence-electron chi connectivity index (χ0n) is 15.8. The van der Waals surface area contributed by atoms with Crippen LogP contribution in [0.25, 0.3) is 11.4 Å². The molecule has 146 valence electrons. The number of aromatic nitrogens is 4. The number of para-hydroxylation sites is 1. The van der Waals surface area contributed by atoms with Gasteiger partial charge >= 0.3 is 0 Å². The van der Waals surface area contributed by atoms with Crippen molar-refractivity contribution in [3.8, 4) is 17.1 Å². The quantitative estimate of drug-likeness (QED) is 0.562. The van der Waals surface area contributed by atoms with E-state index < -0.39 is 11.7 Å². The van der Waals surface area contributed by atoms with E-state index in [4.69, 9.17) is 4.74 Å². The van der Waals surface area contributed by atoms with E-state index in [0.717, 1.165) is 5.56 Å². The molecule has 1 amide bonds. The van der Waals surface area contributed by atoms with Crippen LogP contribution in [0.4, 0.5) is 10.1 Å². The van der Waals surface area contributed by atoms with E-state index >= 15 is 0 Å². The number of rotatable bonds is 5. The molecular weight excluding hydrogens is 373 g/mol. The van der Waals surface area contributed by atoms with Crippen molar-refractivity contribution in [2.75, 3.05) is 12.4 Å². The highest BCUT2D eigenvalue weighted by molar-refractivity contribution is 6.04. The molecular formula is C21H18FN5O2. The van der Waals surface area contributed by atoms with Crippen LogP contribution in [-0.4, -0.2) is 32.6 Å². The van der Waals surface area contributed by atoms with Crippen LogP contribution in [0.2, 0.25) is 0 Å². The molecule has 29 heavy (non-hydrogen) atoms. The third-order valence-corrected chi connectivity index (χ3v) is 4.38. The molecule has 2 aromatic heterocycles. The molecule has 0 radical (unpaired) electrons. The van der Waals surface area contributed by atoms with Gasteiger partial charge < -0.3 is 10.1 Å². The fourth-order valence-electron chi connectivity index (χ4n) is 2.97. The number of carbonyl (C=O) groups is 1. The van der Waals surface area contributed by atoms with Crippen LogP contribution in [0.1, 0.15) is 16.1 Å². The average molecular weight is 391 g/mol. The summed E-state index contributed by atoms with van der Waals surface area (Å²) in [6.07, 6.45) is 4.90. The van der Waals surface area contributed by atoms with Gasteiger partial charge in [0.2, 0.25) is 0 Å². The predicted octanol–water partition coefficient (Wildman–Crippen LogP) is 3.77. The number of nitrogens with one attached hydrogen (secondary N) is 1. The highest BCUT2D eigenvalue weighted by Gasteiger charge is 2.17. The number of carbonyl (C=O) groups excluding carboxylic acids is 1. The number of methoxy groups -OCH3 is 1. The summed E-state index contributed by atoms with van der Waals surface area (Å²) >= 11 is 0. The van der Waals surface area contributed by atoms with Crippen LogP contribution >= 0.6 is 0 Å². The first-order chi connectivity index (χ1) is 14.1. The van der Waals surface area contributed by atoms with Gasteiger partial charge in [-0.2, -0.15) is 10.2 Å². The van der Waals surface area contributed by atoms with Crippen LogP contribution in [0.3, 0.4) is 0 Å². The highest BCUT2D eigenvalue weighted by atomic mass is 19.1. The Labute approximate surface area is 166 Å². The van der Waals surface area contributed by atoms with E-state index in [1.807, 2.05) is 25.1 Å². The number of halogens is 1. The maximum atomic E-state index is 14.4. The molecule has 0 aliphatic rings. The van der Waals surface area contributed by atoms with Gasteiger partial charge in [-0.3, -0.25) is 4.79 Å². The molecule has 8 heteroatoms. The number of anilines is 1. The number of aryl methyl sites for hydroxylation is 1. The minimum Gasteiger partial charge on any atom is -0.494 e.